The second-order valence-electron chi connectivity index (χ2n) is 13.0. The van der Waals surface area contributed by atoms with Crippen molar-refractivity contribution in [3.63, 3.8) is 0 Å². The minimum absolute atomic E-state index is 0.0243. The molecule has 8 rings (SSSR count). The molecule has 4 aromatic heterocycles. The highest BCUT2D eigenvalue weighted by Gasteiger charge is 2.49. The lowest BCUT2D eigenvalue weighted by Gasteiger charge is -2.55. The van der Waals surface area contributed by atoms with Crippen LogP contribution in [0, 0.1) is 18.3 Å². The number of nitriles is 1. The number of hydrogen-bond acceptors (Lipinski definition) is 10. The van der Waals surface area contributed by atoms with Gasteiger partial charge in [0.1, 0.15) is 11.7 Å². The van der Waals surface area contributed by atoms with E-state index >= 15 is 0 Å². The molecular formula is C33H33N9O4S. The maximum atomic E-state index is 14.2. The van der Waals surface area contributed by atoms with Gasteiger partial charge >= 0.3 is 6.09 Å². The third-order valence-electron chi connectivity index (χ3n) is 8.50. The monoisotopic (exact) mass is 651 g/mol. The number of amides is 1. The van der Waals surface area contributed by atoms with Crippen molar-refractivity contribution < 1.29 is 17.9 Å². The van der Waals surface area contributed by atoms with Crippen molar-refractivity contribution in [3.8, 4) is 28.6 Å². The lowest BCUT2D eigenvalue weighted by atomic mass is 9.88. The second-order valence-corrected chi connectivity index (χ2v) is 14.8. The minimum atomic E-state index is -4.12. The average Bonchev–Trinajstić information content (AvgIpc) is 3.64. The van der Waals surface area contributed by atoms with E-state index in [1.165, 1.54) is 10.2 Å². The molecule has 2 unspecified atom stereocenters. The Morgan fingerprint density at radius 1 is 1.04 bits per heavy atom. The lowest BCUT2D eigenvalue weighted by Crippen LogP contribution is -2.70. The van der Waals surface area contributed by atoms with Gasteiger partial charge in [-0.2, -0.15) is 10.4 Å². The number of pyridine rings is 1. The number of carbonyl (C=O) groups is 1. The topological polar surface area (TPSA) is 152 Å². The van der Waals surface area contributed by atoms with Crippen LogP contribution in [0.3, 0.4) is 0 Å². The van der Waals surface area contributed by atoms with Crippen LogP contribution in [-0.4, -0.2) is 79.1 Å². The molecule has 0 spiro atoms. The number of carbonyl (C=O) groups excluding carboxylic acids is 1. The van der Waals surface area contributed by atoms with Crippen molar-refractivity contribution in [1.82, 2.24) is 33.8 Å². The highest BCUT2D eigenvalue weighted by atomic mass is 32.2. The van der Waals surface area contributed by atoms with Gasteiger partial charge in [-0.1, -0.05) is 17.7 Å². The quantitative estimate of drug-likeness (QED) is 0.265. The fraction of sp³-hybridized carbons (Fsp3) is 0.333. The van der Waals surface area contributed by atoms with E-state index in [0.29, 0.717) is 46.8 Å². The number of hydrogen-bond donors (Lipinski definition) is 0. The Hall–Kier alpha value is -5.29. The standard InChI is InChI=1S/C33H33N9O4S/c1-20-6-8-25(9-7-20)47(44,45)42-28(22-16-36-39(5)17-22)13-26-30(21(14-34)15-35-31(26)42)27-10-11-29(38-37-27)40-18-23-12-24(19-40)41(23)32(43)46-33(2,3)4/h6-11,13,15-17,23-24H,12,18-19H2,1-5H3. The Morgan fingerprint density at radius 3 is 2.36 bits per heavy atom. The molecule has 5 aromatic rings. The Balaban J connectivity index is 1.27. The first kappa shape index (κ1) is 30.4. The summed E-state index contributed by atoms with van der Waals surface area (Å²) < 4.78 is 36.7. The number of nitrogens with zero attached hydrogens (tertiary/aromatic N) is 9. The first-order chi connectivity index (χ1) is 22.3. The van der Waals surface area contributed by atoms with Gasteiger partial charge in [-0.05, 0) is 64.4 Å². The van der Waals surface area contributed by atoms with E-state index in [0.717, 1.165) is 12.0 Å². The minimum Gasteiger partial charge on any atom is -0.444 e. The number of aryl methyl sites for hydroxylation is 2. The molecule has 240 valence electrons. The van der Waals surface area contributed by atoms with E-state index in [9.17, 15) is 18.5 Å². The summed E-state index contributed by atoms with van der Waals surface area (Å²) in [4.78, 5) is 21.2. The summed E-state index contributed by atoms with van der Waals surface area (Å²) in [5.41, 5.74) is 2.50. The van der Waals surface area contributed by atoms with Crippen LogP contribution in [0.1, 0.15) is 38.3 Å². The van der Waals surface area contributed by atoms with Crippen LogP contribution in [0.2, 0.25) is 0 Å². The van der Waals surface area contributed by atoms with Crippen LogP contribution < -0.4 is 4.90 Å². The van der Waals surface area contributed by atoms with Crippen molar-refractivity contribution in [2.24, 2.45) is 7.05 Å². The fourth-order valence-corrected chi connectivity index (χ4v) is 7.82. The van der Waals surface area contributed by atoms with Crippen LogP contribution in [-0.2, 0) is 21.8 Å². The molecule has 47 heavy (non-hydrogen) atoms. The largest absolute Gasteiger partial charge is 0.444 e. The van der Waals surface area contributed by atoms with Gasteiger partial charge in [0.2, 0.25) is 0 Å². The number of piperazine rings is 1. The van der Waals surface area contributed by atoms with Crippen LogP contribution in [0.25, 0.3) is 33.5 Å². The molecule has 3 fully saturated rings. The zero-order valence-corrected chi connectivity index (χ0v) is 27.4. The highest BCUT2D eigenvalue weighted by Crippen LogP contribution is 2.39. The van der Waals surface area contributed by atoms with Crippen LogP contribution in [0.5, 0.6) is 0 Å². The summed E-state index contributed by atoms with van der Waals surface area (Å²) in [6, 6.07) is 14.2. The smallest absolute Gasteiger partial charge is 0.410 e. The van der Waals surface area contributed by atoms with Crippen LogP contribution in [0.15, 0.2) is 66.0 Å². The average molecular weight is 652 g/mol. The number of ether oxygens (including phenoxy) is 1. The van der Waals surface area contributed by atoms with Crippen molar-refractivity contribution >= 4 is 33.0 Å². The van der Waals surface area contributed by atoms with Crippen molar-refractivity contribution in [2.75, 3.05) is 18.0 Å². The summed E-state index contributed by atoms with van der Waals surface area (Å²) in [6.07, 6.45) is 5.28. The second kappa shape index (κ2) is 10.9. The molecule has 3 saturated heterocycles. The first-order valence-corrected chi connectivity index (χ1v) is 16.6. The number of aromatic nitrogens is 6. The summed E-state index contributed by atoms with van der Waals surface area (Å²) >= 11 is 0. The molecule has 2 atom stereocenters. The van der Waals surface area contributed by atoms with Crippen LogP contribution >= 0.6 is 0 Å². The van der Waals surface area contributed by atoms with E-state index in [1.807, 2.05) is 38.7 Å². The van der Waals surface area contributed by atoms with Gasteiger partial charge in [-0.3, -0.25) is 9.58 Å². The number of fused-ring (bicyclic) bond motifs is 3. The maximum absolute atomic E-state index is 14.2. The lowest BCUT2D eigenvalue weighted by molar-refractivity contribution is -0.0380. The predicted molar refractivity (Wildman–Crippen MR) is 174 cm³/mol. The normalized spacial score (nSPS) is 17.8. The van der Waals surface area contributed by atoms with E-state index in [-0.39, 0.29) is 34.3 Å². The zero-order valence-electron chi connectivity index (χ0n) is 26.6. The predicted octanol–water partition coefficient (Wildman–Crippen LogP) is 4.51. The first-order valence-electron chi connectivity index (χ1n) is 15.2. The molecule has 0 radical (unpaired) electrons. The maximum Gasteiger partial charge on any atom is 0.410 e. The number of rotatable bonds is 5. The van der Waals surface area contributed by atoms with Crippen molar-refractivity contribution in [1.29, 1.82) is 5.26 Å². The molecule has 14 heteroatoms. The van der Waals surface area contributed by atoms with Gasteiger partial charge < -0.3 is 9.64 Å². The van der Waals surface area contributed by atoms with Crippen molar-refractivity contribution in [2.45, 2.75) is 56.7 Å². The van der Waals surface area contributed by atoms with Gasteiger partial charge in [0.25, 0.3) is 10.0 Å². The Labute approximate surface area is 272 Å². The van der Waals surface area contributed by atoms with Gasteiger partial charge in [0, 0.05) is 49.0 Å². The van der Waals surface area contributed by atoms with E-state index in [2.05, 4.69) is 31.2 Å². The molecule has 7 heterocycles. The van der Waals surface area contributed by atoms with E-state index in [1.54, 1.807) is 60.5 Å². The Kier molecular flexibility index (Phi) is 7.05. The number of benzene rings is 1. The van der Waals surface area contributed by atoms with E-state index < -0.39 is 15.6 Å². The zero-order chi connectivity index (χ0) is 33.2. The molecule has 3 aliphatic heterocycles. The van der Waals surface area contributed by atoms with Gasteiger partial charge in [-0.15, -0.1) is 10.2 Å². The molecular weight excluding hydrogens is 618 g/mol. The highest BCUT2D eigenvalue weighted by molar-refractivity contribution is 7.90. The van der Waals surface area contributed by atoms with Crippen LogP contribution in [0.4, 0.5) is 10.6 Å². The molecule has 2 bridgehead atoms. The summed E-state index contributed by atoms with van der Waals surface area (Å²) in [7, 11) is -2.37. The molecule has 0 N–H and O–H groups in total. The Bertz CT molecular complexity index is 2160. The summed E-state index contributed by atoms with van der Waals surface area (Å²) in [5, 5.41) is 23.8. The Morgan fingerprint density at radius 2 is 1.77 bits per heavy atom. The third kappa shape index (κ3) is 5.26. The van der Waals surface area contributed by atoms with Gasteiger partial charge in [-0.25, -0.2) is 22.2 Å². The van der Waals surface area contributed by atoms with Crippen molar-refractivity contribution in [3.05, 3.63) is 72.2 Å². The van der Waals surface area contributed by atoms with Gasteiger partial charge in [0.05, 0.1) is 40.1 Å². The number of anilines is 1. The molecule has 1 amide bonds. The molecule has 0 aliphatic carbocycles. The third-order valence-corrected chi connectivity index (χ3v) is 10.2. The molecule has 0 saturated carbocycles. The summed E-state index contributed by atoms with van der Waals surface area (Å²) in [5.74, 6) is 0.645. The fourth-order valence-electron chi connectivity index (χ4n) is 6.34. The molecule has 1 aromatic carbocycles. The summed E-state index contributed by atoms with van der Waals surface area (Å²) in [6.45, 7) is 8.65. The number of piperidine rings is 1. The van der Waals surface area contributed by atoms with E-state index in [4.69, 9.17) is 4.74 Å². The SMILES string of the molecule is Cc1ccc(S(=O)(=O)n2c(-c3cnn(C)c3)cc3c(-c4ccc(N5CC6CC(C5)N6C(=O)OC(C)(C)C)nn4)c(C#N)cnc32)cc1. The van der Waals surface area contributed by atoms with Gasteiger partial charge in [0.15, 0.2) is 11.5 Å². The molecule has 13 nitrogen and oxygen atoms in total. The molecule has 3 aliphatic rings.